The molecule has 0 spiro atoms. The molecule has 1 aliphatic rings. The number of carbonyl (C=O) groups excluding carboxylic acids is 2. The van der Waals surface area contributed by atoms with Crippen molar-refractivity contribution >= 4 is 29.2 Å². The maximum absolute atomic E-state index is 11.6. The molecule has 0 saturated carbocycles. The van der Waals surface area contributed by atoms with Gasteiger partial charge in [-0.3, -0.25) is 4.79 Å². The molecular weight excluding hydrogens is 304 g/mol. The van der Waals surface area contributed by atoms with Crippen LogP contribution in [0.4, 0.5) is 5.69 Å². The van der Waals surface area contributed by atoms with Gasteiger partial charge in [0.1, 0.15) is 0 Å². The van der Waals surface area contributed by atoms with Gasteiger partial charge in [-0.05, 0) is 36.6 Å². The molecule has 22 heavy (non-hydrogen) atoms. The van der Waals surface area contributed by atoms with Gasteiger partial charge in [0.2, 0.25) is 5.91 Å². The fourth-order valence-corrected chi connectivity index (χ4v) is 2.53. The largest absolute Gasteiger partial charge is 0.466 e. The van der Waals surface area contributed by atoms with Crippen molar-refractivity contribution < 1.29 is 14.3 Å². The van der Waals surface area contributed by atoms with Gasteiger partial charge in [0.05, 0.1) is 7.11 Å². The highest BCUT2D eigenvalue weighted by Crippen LogP contribution is 2.24. The Labute approximate surface area is 134 Å². The molecule has 1 atom stereocenters. The molecule has 6 heteroatoms. The number of hydrogen-bond acceptors (Lipinski definition) is 4. The third-order valence-electron chi connectivity index (χ3n) is 3.61. The minimum absolute atomic E-state index is 0.282. The fourth-order valence-electron chi connectivity index (χ4n) is 2.40. The zero-order valence-electron chi connectivity index (χ0n) is 12.4. The third-order valence-corrected chi connectivity index (χ3v) is 3.87. The predicted molar refractivity (Wildman–Crippen MR) is 85.9 cm³/mol. The number of hydrogen-bond donors (Lipinski definition) is 1. The number of nitrogens with zero attached hydrogens (tertiary/aromatic N) is 1. The number of benzene rings is 1. The Morgan fingerprint density at radius 2 is 2.09 bits per heavy atom. The number of carbonyl (C=O) groups is 2. The van der Waals surface area contributed by atoms with Crippen LogP contribution in [-0.2, 0) is 14.3 Å². The van der Waals surface area contributed by atoms with Crippen LogP contribution in [0.2, 0.25) is 5.02 Å². The van der Waals surface area contributed by atoms with Gasteiger partial charge in [0.25, 0.3) is 0 Å². The van der Waals surface area contributed by atoms with Gasteiger partial charge in [-0.25, -0.2) is 4.79 Å². The number of nitrogens with one attached hydrogen (secondary N) is 1. The SMILES string of the molecule is COC(=O)/C=C/C(=O)NCC1CCN(c2ccc(Cl)cc2)C1. The van der Waals surface area contributed by atoms with E-state index in [4.69, 9.17) is 11.6 Å². The van der Waals surface area contributed by atoms with Gasteiger partial charge in [-0.2, -0.15) is 0 Å². The quantitative estimate of drug-likeness (QED) is 0.665. The van der Waals surface area contributed by atoms with Crippen molar-refractivity contribution in [1.82, 2.24) is 5.32 Å². The minimum atomic E-state index is -0.537. The second-order valence-corrected chi connectivity index (χ2v) is 5.62. The first-order valence-electron chi connectivity index (χ1n) is 7.13. The summed E-state index contributed by atoms with van der Waals surface area (Å²) in [5.41, 5.74) is 1.14. The highest BCUT2D eigenvalue weighted by Gasteiger charge is 2.22. The lowest BCUT2D eigenvalue weighted by Crippen LogP contribution is -2.30. The van der Waals surface area contributed by atoms with Gasteiger partial charge >= 0.3 is 5.97 Å². The Kier molecular flexibility index (Phi) is 5.83. The molecule has 5 nitrogen and oxygen atoms in total. The first-order valence-corrected chi connectivity index (χ1v) is 7.50. The van der Waals surface area contributed by atoms with Crippen molar-refractivity contribution in [3.8, 4) is 0 Å². The summed E-state index contributed by atoms with van der Waals surface area (Å²) in [5, 5.41) is 3.53. The average molecular weight is 323 g/mol. The fraction of sp³-hybridized carbons (Fsp3) is 0.375. The molecule has 1 unspecified atom stereocenters. The molecule has 1 fully saturated rings. The van der Waals surface area contributed by atoms with Crippen molar-refractivity contribution in [3.63, 3.8) is 0 Å². The lowest BCUT2D eigenvalue weighted by atomic mass is 10.1. The molecule has 1 N–H and O–H groups in total. The molecule has 1 aromatic rings. The van der Waals surface area contributed by atoms with Crippen LogP contribution >= 0.6 is 11.6 Å². The molecule has 1 heterocycles. The van der Waals surface area contributed by atoms with Crippen LogP contribution in [-0.4, -0.2) is 38.6 Å². The van der Waals surface area contributed by atoms with Crippen LogP contribution in [0.25, 0.3) is 0 Å². The van der Waals surface area contributed by atoms with E-state index in [1.54, 1.807) is 0 Å². The summed E-state index contributed by atoms with van der Waals surface area (Å²) in [6, 6.07) is 7.76. The molecule has 0 aliphatic carbocycles. The second kappa shape index (κ2) is 7.84. The van der Waals surface area contributed by atoms with Crippen molar-refractivity contribution in [1.29, 1.82) is 0 Å². The van der Waals surface area contributed by atoms with Crippen LogP contribution in [0.5, 0.6) is 0 Å². The minimum Gasteiger partial charge on any atom is -0.466 e. The highest BCUT2D eigenvalue weighted by atomic mass is 35.5. The van der Waals surface area contributed by atoms with E-state index in [0.717, 1.165) is 36.3 Å². The number of esters is 1. The van der Waals surface area contributed by atoms with E-state index in [1.807, 2.05) is 24.3 Å². The van der Waals surface area contributed by atoms with Crippen molar-refractivity contribution in [2.24, 2.45) is 5.92 Å². The number of methoxy groups -OCH3 is 1. The Balaban J connectivity index is 1.77. The summed E-state index contributed by atoms with van der Waals surface area (Å²) >= 11 is 5.89. The number of amides is 1. The first kappa shape index (κ1) is 16.4. The lowest BCUT2D eigenvalue weighted by molar-refractivity contribution is -0.135. The molecule has 1 aliphatic heterocycles. The van der Waals surface area contributed by atoms with Gasteiger partial charge in [0, 0.05) is 42.5 Å². The first-order chi connectivity index (χ1) is 10.6. The molecule has 1 aromatic carbocycles. The van der Waals surface area contributed by atoms with Gasteiger partial charge in [0.15, 0.2) is 0 Å². The van der Waals surface area contributed by atoms with E-state index < -0.39 is 5.97 Å². The maximum Gasteiger partial charge on any atom is 0.330 e. The normalized spacial score (nSPS) is 17.7. The summed E-state index contributed by atoms with van der Waals surface area (Å²) in [6.45, 7) is 2.44. The van der Waals surface area contributed by atoms with E-state index >= 15 is 0 Å². The standard InChI is InChI=1S/C16H19ClN2O3/c1-22-16(21)7-6-15(20)18-10-12-8-9-19(11-12)14-4-2-13(17)3-5-14/h2-7,12H,8-11H2,1H3,(H,18,20)/b7-6+. The Hall–Kier alpha value is -2.01. The second-order valence-electron chi connectivity index (χ2n) is 5.18. The van der Waals surface area contributed by atoms with Gasteiger partial charge < -0.3 is 15.0 Å². The van der Waals surface area contributed by atoms with Crippen molar-refractivity contribution in [3.05, 3.63) is 41.4 Å². The van der Waals surface area contributed by atoms with Crippen LogP contribution in [0.3, 0.4) is 0 Å². The van der Waals surface area contributed by atoms with E-state index in [2.05, 4.69) is 15.0 Å². The van der Waals surface area contributed by atoms with Crippen LogP contribution < -0.4 is 10.2 Å². The Bertz CT molecular complexity index is 557. The Morgan fingerprint density at radius 1 is 1.36 bits per heavy atom. The summed E-state index contributed by atoms with van der Waals surface area (Å²) in [4.78, 5) is 24.7. The van der Waals surface area contributed by atoms with Crippen molar-refractivity contribution in [2.45, 2.75) is 6.42 Å². The predicted octanol–water partition coefficient (Wildman–Crippen LogP) is 2.01. The number of rotatable bonds is 5. The maximum atomic E-state index is 11.6. The molecular formula is C16H19ClN2O3. The molecule has 0 aromatic heterocycles. The zero-order chi connectivity index (χ0) is 15.9. The smallest absolute Gasteiger partial charge is 0.330 e. The lowest BCUT2D eigenvalue weighted by Gasteiger charge is -2.18. The van der Waals surface area contributed by atoms with E-state index in [1.165, 1.54) is 13.2 Å². The number of ether oxygens (including phenoxy) is 1. The number of halogens is 1. The van der Waals surface area contributed by atoms with Crippen LogP contribution in [0.1, 0.15) is 6.42 Å². The van der Waals surface area contributed by atoms with E-state index in [9.17, 15) is 9.59 Å². The molecule has 0 radical (unpaired) electrons. The summed E-state index contributed by atoms with van der Waals surface area (Å²) in [6.07, 6.45) is 3.32. The molecule has 1 saturated heterocycles. The summed E-state index contributed by atoms with van der Waals surface area (Å²) < 4.78 is 4.43. The summed E-state index contributed by atoms with van der Waals surface area (Å²) in [7, 11) is 1.27. The summed E-state index contributed by atoms with van der Waals surface area (Å²) in [5.74, 6) is -0.425. The monoisotopic (exact) mass is 322 g/mol. The van der Waals surface area contributed by atoms with Gasteiger partial charge in [-0.1, -0.05) is 11.6 Å². The topological polar surface area (TPSA) is 58.6 Å². The molecule has 2 rings (SSSR count). The Morgan fingerprint density at radius 3 is 2.77 bits per heavy atom. The van der Waals surface area contributed by atoms with Crippen molar-refractivity contribution in [2.75, 3.05) is 31.6 Å². The van der Waals surface area contributed by atoms with Crippen LogP contribution in [0, 0.1) is 5.92 Å². The number of anilines is 1. The van der Waals surface area contributed by atoms with Gasteiger partial charge in [-0.15, -0.1) is 0 Å². The third kappa shape index (κ3) is 4.77. The average Bonchev–Trinajstić information content (AvgIpc) is 3.00. The molecule has 0 bridgehead atoms. The van der Waals surface area contributed by atoms with E-state index in [-0.39, 0.29) is 5.91 Å². The zero-order valence-corrected chi connectivity index (χ0v) is 13.2. The molecule has 118 valence electrons. The van der Waals surface area contributed by atoms with E-state index in [0.29, 0.717) is 12.5 Å². The van der Waals surface area contributed by atoms with Crippen LogP contribution in [0.15, 0.2) is 36.4 Å². The highest BCUT2D eigenvalue weighted by molar-refractivity contribution is 6.30. The molecule has 1 amide bonds.